The third-order valence-electron chi connectivity index (χ3n) is 2.39. The lowest BCUT2D eigenvalue weighted by Crippen LogP contribution is -1.96. The van der Waals surface area contributed by atoms with Crippen molar-refractivity contribution in [3.63, 3.8) is 0 Å². The smallest absolute Gasteiger partial charge is 0.126 e. The SMILES string of the molecule is CNc1cc(-c2cccc(NC)n2)c(Cl)cn1. The fourth-order valence-corrected chi connectivity index (χ4v) is 1.70. The molecule has 0 atom stereocenters. The molecule has 2 aromatic heterocycles. The molecular formula is C12H13ClN4. The van der Waals surface area contributed by atoms with Crippen LogP contribution in [0.5, 0.6) is 0 Å². The van der Waals surface area contributed by atoms with Gasteiger partial charge in [0.1, 0.15) is 11.6 Å². The summed E-state index contributed by atoms with van der Waals surface area (Å²) < 4.78 is 0. The third-order valence-corrected chi connectivity index (χ3v) is 2.69. The topological polar surface area (TPSA) is 49.8 Å². The van der Waals surface area contributed by atoms with Crippen molar-refractivity contribution < 1.29 is 0 Å². The van der Waals surface area contributed by atoms with Gasteiger partial charge in [0, 0.05) is 25.9 Å². The summed E-state index contributed by atoms with van der Waals surface area (Å²) in [6, 6.07) is 7.63. The molecule has 4 nitrogen and oxygen atoms in total. The van der Waals surface area contributed by atoms with Crippen LogP contribution in [0.2, 0.25) is 5.02 Å². The maximum atomic E-state index is 6.13. The van der Waals surface area contributed by atoms with Crippen molar-refractivity contribution in [3.8, 4) is 11.3 Å². The third kappa shape index (κ3) is 2.47. The molecule has 0 aliphatic rings. The molecule has 0 aliphatic heterocycles. The van der Waals surface area contributed by atoms with Gasteiger partial charge >= 0.3 is 0 Å². The average molecular weight is 249 g/mol. The molecule has 0 spiro atoms. The highest BCUT2D eigenvalue weighted by Crippen LogP contribution is 2.28. The van der Waals surface area contributed by atoms with Crippen molar-refractivity contribution in [1.82, 2.24) is 9.97 Å². The number of rotatable bonds is 3. The number of nitrogens with zero attached hydrogens (tertiary/aromatic N) is 2. The predicted molar refractivity (Wildman–Crippen MR) is 71.6 cm³/mol. The Morgan fingerprint density at radius 2 is 1.88 bits per heavy atom. The molecule has 2 rings (SSSR count). The normalized spacial score (nSPS) is 10.1. The monoisotopic (exact) mass is 248 g/mol. The number of aromatic nitrogens is 2. The summed E-state index contributed by atoms with van der Waals surface area (Å²) in [5.41, 5.74) is 1.68. The zero-order valence-electron chi connectivity index (χ0n) is 9.66. The average Bonchev–Trinajstić information content (AvgIpc) is 2.39. The molecule has 0 saturated heterocycles. The van der Waals surface area contributed by atoms with Crippen LogP contribution >= 0.6 is 11.6 Å². The van der Waals surface area contributed by atoms with Gasteiger partial charge in [-0.2, -0.15) is 0 Å². The van der Waals surface area contributed by atoms with Gasteiger partial charge < -0.3 is 10.6 Å². The van der Waals surface area contributed by atoms with E-state index in [0.717, 1.165) is 22.9 Å². The van der Waals surface area contributed by atoms with E-state index in [4.69, 9.17) is 11.6 Å². The summed E-state index contributed by atoms with van der Waals surface area (Å²) in [7, 11) is 3.65. The molecule has 2 heterocycles. The molecule has 0 fully saturated rings. The van der Waals surface area contributed by atoms with Gasteiger partial charge in [-0.3, -0.25) is 0 Å². The maximum Gasteiger partial charge on any atom is 0.126 e. The Balaban J connectivity index is 2.50. The fraction of sp³-hybridized carbons (Fsp3) is 0.167. The molecule has 0 aromatic carbocycles. The van der Waals surface area contributed by atoms with E-state index in [0.29, 0.717) is 5.02 Å². The lowest BCUT2D eigenvalue weighted by molar-refractivity contribution is 1.25. The minimum Gasteiger partial charge on any atom is -0.373 e. The molecule has 2 N–H and O–H groups in total. The molecule has 0 radical (unpaired) electrons. The van der Waals surface area contributed by atoms with E-state index in [1.807, 2.05) is 38.4 Å². The first kappa shape index (κ1) is 11.7. The van der Waals surface area contributed by atoms with Crippen LogP contribution in [0.25, 0.3) is 11.3 Å². The van der Waals surface area contributed by atoms with Crippen LogP contribution in [0.1, 0.15) is 0 Å². The van der Waals surface area contributed by atoms with Gasteiger partial charge in [-0.1, -0.05) is 17.7 Å². The molecule has 17 heavy (non-hydrogen) atoms. The Morgan fingerprint density at radius 1 is 1.12 bits per heavy atom. The predicted octanol–water partition coefficient (Wildman–Crippen LogP) is 2.88. The Labute approximate surface area is 105 Å². The first-order valence-electron chi connectivity index (χ1n) is 5.23. The second kappa shape index (κ2) is 5.01. The summed E-state index contributed by atoms with van der Waals surface area (Å²) in [4.78, 5) is 8.59. The van der Waals surface area contributed by atoms with Crippen LogP contribution in [0.15, 0.2) is 30.5 Å². The number of halogens is 1. The Kier molecular flexibility index (Phi) is 3.44. The molecule has 5 heteroatoms. The van der Waals surface area contributed by atoms with Crippen molar-refractivity contribution in [2.45, 2.75) is 0 Å². The van der Waals surface area contributed by atoms with E-state index < -0.39 is 0 Å². The highest BCUT2D eigenvalue weighted by molar-refractivity contribution is 6.33. The largest absolute Gasteiger partial charge is 0.373 e. The van der Waals surface area contributed by atoms with E-state index >= 15 is 0 Å². The highest BCUT2D eigenvalue weighted by atomic mass is 35.5. The van der Waals surface area contributed by atoms with Gasteiger partial charge in [0.2, 0.25) is 0 Å². The Hall–Kier alpha value is -1.81. The number of nitrogens with one attached hydrogen (secondary N) is 2. The minimum absolute atomic E-state index is 0.588. The van der Waals surface area contributed by atoms with Gasteiger partial charge in [0.25, 0.3) is 0 Å². The molecule has 0 aliphatic carbocycles. The van der Waals surface area contributed by atoms with Crippen LogP contribution in [0.4, 0.5) is 11.6 Å². The lowest BCUT2D eigenvalue weighted by atomic mass is 10.1. The minimum atomic E-state index is 0.588. The van der Waals surface area contributed by atoms with Crippen molar-refractivity contribution in [1.29, 1.82) is 0 Å². The van der Waals surface area contributed by atoms with E-state index in [1.54, 1.807) is 6.20 Å². The number of anilines is 2. The standard InChI is InChI=1S/C12H13ClN4/c1-14-11-5-3-4-10(17-11)8-6-12(15-2)16-7-9(8)13/h3-7H,1-2H3,(H,14,17)(H,15,16). The fourth-order valence-electron chi connectivity index (χ4n) is 1.50. The first-order chi connectivity index (χ1) is 8.24. The van der Waals surface area contributed by atoms with E-state index in [-0.39, 0.29) is 0 Å². The van der Waals surface area contributed by atoms with Crippen molar-refractivity contribution in [3.05, 3.63) is 35.5 Å². The van der Waals surface area contributed by atoms with Crippen LogP contribution in [-0.4, -0.2) is 24.1 Å². The zero-order valence-corrected chi connectivity index (χ0v) is 10.4. The first-order valence-corrected chi connectivity index (χ1v) is 5.61. The Bertz CT molecular complexity index is 528. The van der Waals surface area contributed by atoms with Gasteiger partial charge in [-0.05, 0) is 18.2 Å². The second-order valence-corrected chi connectivity index (χ2v) is 3.86. The van der Waals surface area contributed by atoms with E-state index in [2.05, 4.69) is 20.6 Å². The van der Waals surface area contributed by atoms with Crippen molar-refractivity contribution in [2.75, 3.05) is 24.7 Å². The molecule has 0 saturated carbocycles. The van der Waals surface area contributed by atoms with Crippen molar-refractivity contribution in [2.24, 2.45) is 0 Å². The quantitative estimate of drug-likeness (QED) is 0.877. The van der Waals surface area contributed by atoms with Gasteiger partial charge in [0.05, 0.1) is 10.7 Å². The summed E-state index contributed by atoms with van der Waals surface area (Å²) in [6.07, 6.45) is 1.62. The number of pyridine rings is 2. The maximum absolute atomic E-state index is 6.13. The van der Waals surface area contributed by atoms with Crippen LogP contribution in [0.3, 0.4) is 0 Å². The molecule has 88 valence electrons. The van der Waals surface area contributed by atoms with Crippen LogP contribution in [-0.2, 0) is 0 Å². The van der Waals surface area contributed by atoms with Gasteiger partial charge in [0.15, 0.2) is 0 Å². The number of hydrogen-bond donors (Lipinski definition) is 2. The summed E-state index contributed by atoms with van der Waals surface area (Å²) in [6.45, 7) is 0. The van der Waals surface area contributed by atoms with Crippen molar-refractivity contribution >= 4 is 23.2 Å². The molecule has 0 unspecified atom stereocenters. The second-order valence-electron chi connectivity index (χ2n) is 3.46. The van der Waals surface area contributed by atoms with Gasteiger partial charge in [-0.25, -0.2) is 9.97 Å². The molecule has 0 amide bonds. The summed E-state index contributed by atoms with van der Waals surface area (Å²) in [5.74, 6) is 1.57. The molecule has 2 aromatic rings. The molecular weight excluding hydrogens is 236 g/mol. The lowest BCUT2D eigenvalue weighted by Gasteiger charge is -2.07. The zero-order chi connectivity index (χ0) is 12.3. The Morgan fingerprint density at radius 3 is 2.59 bits per heavy atom. The highest BCUT2D eigenvalue weighted by Gasteiger charge is 2.07. The van der Waals surface area contributed by atoms with Crippen LogP contribution < -0.4 is 10.6 Å². The number of hydrogen-bond acceptors (Lipinski definition) is 4. The van der Waals surface area contributed by atoms with E-state index in [1.165, 1.54) is 0 Å². The van der Waals surface area contributed by atoms with E-state index in [9.17, 15) is 0 Å². The molecule has 0 bridgehead atoms. The van der Waals surface area contributed by atoms with Gasteiger partial charge in [-0.15, -0.1) is 0 Å². The summed E-state index contributed by atoms with van der Waals surface area (Å²) >= 11 is 6.13. The summed E-state index contributed by atoms with van der Waals surface area (Å²) in [5, 5.41) is 6.57. The van der Waals surface area contributed by atoms with Crippen LogP contribution in [0, 0.1) is 0 Å².